The summed E-state index contributed by atoms with van der Waals surface area (Å²) in [6, 6.07) is 2.74. The van der Waals surface area contributed by atoms with E-state index >= 15 is 0 Å². The smallest absolute Gasteiger partial charge is 0.417 e. The molecule has 0 amide bonds. The van der Waals surface area contributed by atoms with E-state index in [9.17, 15) is 27.7 Å². The molecule has 1 heterocycles. The quantitative estimate of drug-likeness (QED) is 0.367. The average molecular weight is 348 g/mol. The molecule has 0 aliphatic rings. The fourth-order valence-corrected chi connectivity index (χ4v) is 2.06. The van der Waals surface area contributed by atoms with E-state index in [1.54, 1.807) is 0 Å². The van der Waals surface area contributed by atoms with Crippen molar-refractivity contribution in [2.24, 2.45) is 0 Å². The number of pyridine rings is 1. The highest BCUT2D eigenvalue weighted by Crippen LogP contribution is 2.33. The first-order valence-electron chi connectivity index (χ1n) is 6.04. The molecule has 0 N–H and O–H groups in total. The first-order chi connectivity index (χ1) is 10.6. The molecular weight excluding hydrogens is 339 g/mol. The zero-order chi connectivity index (χ0) is 17.4. The van der Waals surface area contributed by atoms with Crippen LogP contribution in [0.1, 0.15) is 11.1 Å². The highest BCUT2D eigenvalue weighted by atomic mass is 31.0. The highest BCUT2D eigenvalue weighted by Gasteiger charge is 2.32. The molecule has 122 valence electrons. The minimum Gasteiger partial charge on any atom is -0.436 e. The Balaban J connectivity index is 2.37. The van der Waals surface area contributed by atoms with Gasteiger partial charge in [0.25, 0.3) is 11.6 Å². The molecule has 0 spiro atoms. The fourth-order valence-electron chi connectivity index (χ4n) is 1.72. The number of nitrogens with zero attached hydrogens (tertiary/aromatic N) is 2. The van der Waals surface area contributed by atoms with E-state index in [0.29, 0.717) is 11.8 Å². The summed E-state index contributed by atoms with van der Waals surface area (Å²) in [5.74, 6) is -1.89. The second kappa shape index (κ2) is 6.08. The molecule has 0 bridgehead atoms. The van der Waals surface area contributed by atoms with Gasteiger partial charge in [-0.05, 0) is 24.6 Å². The van der Waals surface area contributed by atoms with Gasteiger partial charge >= 0.3 is 6.18 Å². The Morgan fingerprint density at radius 2 is 1.96 bits per heavy atom. The predicted octanol–water partition coefficient (Wildman–Crippen LogP) is 3.75. The lowest BCUT2D eigenvalue weighted by Gasteiger charge is -2.11. The van der Waals surface area contributed by atoms with E-state index in [0.717, 1.165) is 0 Å². The third kappa shape index (κ3) is 3.73. The van der Waals surface area contributed by atoms with Crippen molar-refractivity contribution in [1.82, 2.24) is 4.98 Å². The summed E-state index contributed by atoms with van der Waals surface area (Å²) in [5, 5.41) is 11.0. The second-order valence-electron chi connectivity index (χ2n) is 4.54. The Bertz CT molecular complexity index is 781. The molecular formula is C13H9F4N2O3P. The van der Waals surface area contributed by atoms with Crippen molar-refractivity contribution in [3.8, 4) is 11.6 Å². The van der Waals surface area contributed by atoms with Crippen LogP contribution in [0.4, 0.5) is 23.2 Å². The number of hydrogen-bond donors (Lipinski definition) is 0. The lowest BCUT2D eigenvalue weighted by atomic mass is 10.2. The van der Waals surface area contributed by atoms with Crippen molar-refractivity contribution in [1.29, 1.82) is 0 Å². The van der Waals surface area contributed by atoms with Crippen molar-refractivity contribution < 1.29 is 27.2 Å². The number of nitro benzene ring substituents is 1. The van der Waals surface area contributed by atoms with Gasteiger partial charge in [-0.15, -0.1) is 0 Å². The predicted molar refractivity (Wildman–Crippen MR) is 76.4 cm³/mol. The van der Waals surface area contributed by atoms with Crippen LogP contribution in [0.25, 0.3) is 0 Å². The number of benzene rings is 1. The Kier molecular flexibility index (Phi) is 4.51. The minimum absolute atomic E-state index is 0.0479. The summed E-state index contributed by atoms with van der Waals surface area (Å²) >= 11 is 0. The summed E-state index contributed by atoms with van der Waals surface area (Å²) < 4.78 is 56.2. The van der Waals surface area contributed by atoms with Crippen molar-refractivity contribution in [3.63, 3.8) is 0 Å². The lowest BCUT2D eigenvalue weighted by Crippen LogP contribution is -2.08. The van der Waals surface area contributed by atoms with Crippen LogP contribution in [0, 0.1) is 22.9 Å². The third-order valence-corrected chi connectivity index (χ3v) is 3.32. The van der Waals surface area contributed by atoms with Gasteiger partial charge in [0.2, 0.25) is 0 Å². The standard InChI is InChI=1S/C13H9F4N2O3P/c1-6-2-9(19(20)21)11(23)4-10(6)22-12-8(14)3-7(5-18-12)13(15,16)17/h2-5H,23H2,1H3. The van der Waals surface area contributed by atoms with Crippen LogP contribution < -0.4 is 10.0 Å². The number of hydrogen-bond acceptors (Lipinski definition) is 4. The molecule has 2 aromatic rings. The van der Waals surface area contributed by atoms with Gasteiger partial charge in [0.15, 0.2) is 5.82 Å². The number of ether oxygens (including phenoxy) is 1. The highest BCUT2D eigenvalue weighted by molar-refractivity contribution is 7.28. The maximum atomic E-state index is 13.7. The molecule has 0 radical (unpaired) electrons. The number of halogens is 4. The molecule has 2 rings (SSSR count). The summed E-state index contributed by atoms with van der Waals surface area (Å²) in [6.45, 7) is 1.48. The van der Waals surface area contributed by atoms with Gasteiger partial charge in [0.1, 0.15) is 5.75 Å². The van der Waals surface area contributed by atoms with Crippen LogP contribution in [0.5, 0.6) is 11.6 Å². The molecule has 0 fully saturated rings. The molecule has 23 heavy (non-hydrogen) atoms. The van der Waals surface area contributed by atoms with E-state index in [1.807, 2.05) is 0 Å². The molecule has 10 heteroatoms. The van der Waals surface area contributed by atoms with E-state index in [1.165, 1.54) is 19.1 Å². The van der Waals surface area contributed by atoms with E-state index in [4.69, 9.17) is 4.74 Å². The number of alkyl halides is 3. The van der Waals surface area contributed by atoms with Crippen molar-refractivity contribution in [3.05, 3.63) is 51.5 Å². The largest absolute Gasteiger partial charge is 0.436 e. The van der Waals surface area contributed by atoms with Crippen molar-refractivity contribution in [2.45, 2.75) is 13.1 Å². The van der Waals surface area contributed by atoms with Crippen molar-refractivity contribution >= 4 is 20.2 Å². The van der Waals surface area contributed by atoms with Gasteiger partial charge in [-0.2, -0.15) is 13.2 Å². The van der Waals surface area contributed by atoms with Gasteiger partial charge in [-0.25, -0.2) is 9.37 Å². The topological polar surface area (TPSA) is 65.3 Å². The lowest BCUT2D eigenvalue weighted by molar-refractivity contribution is -0.383. The van der Waals surface area contributed by atoms with Crippen LogP contribution in [-0.2, 0) is 6.18 Å². The third-order valence-electron chi connectivity index (χ3n) is 2.86. The Labute approximate surface area is 129 Å². The number of nitro groups is 1. The van der Waals surface area contributed by atoms with Crippen LogP contribution >= 0.6 is 9.24 Å². The first kappa shape index (κ1) is 17.1. The van der Waals surface area contributed by atoms with Gasteiger partial charge in [-0.3, -0.25) is 10.1 Å². The molecule has 5 nitrogen and oxygen atoms in total. The molecule has 1 unspecified atom stereocenters. The van der Waals surface area contributed by atoms with Gasteiger partial charge in [-0.1, -0.05) is 9.24 Å². The fraction of sp³-hybridized carbons (Fsp3) is 0.154. The number of rotatable bonds is 3. The molecule has 0 aliphatic carbocycles. The van der Waals surface area contributed by atoms with Gasteiger partial charge in [0, 0.05) is 12.3 Å². The average Bonchev–Trinajstić information content (AvgIpc) is 2.43. The van der Waals surface area contributed by atoms with Crippen LogP contribution in [0.15, 0.2) is 24.4 Å². The van der Waals surface area contributed by atoms with E-state index < -0.39 is 28.4 Å². The molecule has 1 atom stereocenters. The Hall–Kier alpha value is -2.28. The maximum absolute atomic E-state index is 13.7. The normalized spacial score (nSPS) is 11.4. The summed E-state index contributed by atoms with van der Waals surface area (Å²) in [7, 11) is 2.13. The second-order valence-corrected chi connectivity index (χ2v) is 5.17. The Morgan fingerprint density at radius 1 is 1.30 bits per heavy atom. The Morgan fingerprint density at radius 3 is 2.48 bits per heavy atom. The number of aromatic nitrogens is 1. The van der Waals surface area contributed by atoms with E-state index in [-0.39, 0.29) is 22.8 Å². The SMILES string of the molecule is Cc1cc([N+](=O)[O-])c(P)cc1Oc1ncc(C(F)(F)F)cc1F. The first-order valence-corrected chi connectivity index (χ1v) is 6.62. The number of aryl methyl sites for hydroxylation is 1. The summed E-state index contributed by atoms with van der Waals surface area (Å²) in [6.07, 6.45) is -4.27. The molecule has 1 aromatic heterocycles. The molecule has 1 aromatic carbocycles. The zero-order valence-electron chi connectivity index (χ0n) is 11.5. The monoisotopic (exact) mass is 348 g/mol. The summed E-state index contributed by atoms with van der Waals surface area (Å²) in [5.41, 5.74) is -1.11. The van der Waals surface area contributed by atoms with Crippen molar-refractivity contribution in [2.75, 3.05) is 0 Å². The van der Waals surface area contributed by atoms with Gasteiger partial charge in [0.05, 0.1) is 15.8 Å². The van der Waals surface area contributed by atoms with E-state index in [2.05, 4.69) is 14.2 Å². The summed E-state index contributed by atoms with van der Waals surface area (Å²) in [4.78, 5) is 13.5. The van der Waals surface area contributed by atoms with Gasteiger partial charge < -0.3 is 4.74 Å². The maximum Gasteiger partial charge on any atom is 0.417 e. The molecule has 0 saturated heterocycles. The zero-order valence-corrected chi connectivity index (χ0v) is 12.7. The van der Waals surface area contributed by atoms with Crippen LogP contribution in [0.2, 0.25) is 0 Å². The minimum atomic E-state index is -4.72. The van der Waals surface area contributed by atoms with Crippen LogP contribution in [0.3, 0.4) is 0 Å². The molecule has 0 aliphatic heterocycles. The molecule has 0 saturated carbocycles. The van der Waals surface area contributed by atoms with Crippen LogP contribution in [-0.4, -0.2) is 9.91 Å².